The average molecular weight is 482 g/mol. The fourth-order valence-corrected chi connectivity index (χ4v) is 4.71. The van der Waals surface area contributed by atoms with Gasteiger partial charge in [-0.3, -0.25) is 9.59 Å². The zero-order valence-electron chi connectivity index (χ0n) is 20.0. The smallest absolute Gasteiger partial charge is 0.243 e. The van der Waals surface area contributed by atoms with Crippen LogP contribution in [0.15, 0.2) is 59.3 Å². The molecule has 2 aromatic carbocycles. The summed E-state index contributed by atoms with van der Waals surface area (Å²) in [7, 11) is 0. The summed E-state index contributed by atoms with van der Waals surface area (Å²) in [6, 6.07) is 11.3. The Morgan fingerprint density at radius 3 is 2.34 bits per heavy atom. The lowest BCUT2D eigenvalue weighted by Crippen LogP contribution is -2.48. The molecule has 184 valence electrons. The Kier molecular flexibility index (Phi) is 7.28. The van der Waals surface area contributed by atoms with Crippen molar-refractivity contribution in [1.29, 1.82) is 0 Å². The van der Waals surface area contributed by atoms with Crippen molar-refractivity contribution in [2.45, 2.75) is 51.6 Å². The number of amides is 2. The highest BCUT2D eigenvalue weighted by Crippen LogP contribution is 2.31. The minimum absolute atomic E-state index is 0.0171. The van der Waals surface area contributed by atoms with Gasteiger partial charge in [0.15, 0.2) is 0 Å². The molecule has 0 spiro atoms. The predicted molar refractivity (Wildman–Crippen MR) is 127 cm³/mol. The van der Waals surface area contributed by atoms with E-state index in [0.717, 1.165) is 12.0 Å². The molecule has 1 fully saturated rings. The summed E-state index contributed by atoms with van der Waals surface area (Å²) in [4.78, 5) is 28.2. The molecule has 3 unspecified atom stereocenters. The Hall–Kier alpha value is -3.55. The van der Waals surface area contributed by atoms with Crippen LogP contribution in [0.5, 0.6) is 0 Å². The SMILES string of the molecule is CC(NC(=O)C1CCCN1C(=O)C(c1ccno1)C(C)C)c1ccc(-c2c(F)cccc2F)cc1. The van der Waals surface area contributed by atoms with Crippen molar-refractivity contribution in [3.05, 3.63) is 77.7 Å². The summed E-state index contributed by atoms with van der Waals surface area (Å²) in [5.41, 5.74) is 1.13. The molecule has 2 amide bonds. The van der Waals surface area contributed by atoms with Crippen LogP contribution in [0.1, 0.15) is 56.9 Å². The maximum atomic E-state index is 14.1. The van der Waals surface area contributed by atoms with Crippen molar-refractivity contribution < 1.29 is 22.9 Å². The number of nitrogens with zero attached hydrogens (tertiary/aromatic N) is 2. The molecule has 3 aromatic rings. The van der Waals surface area contributed by atoms with Crippen LogP contribution in [-0.2, 0) is 9.59 Å². The van der Waals surface area contributed by atoms with Crippen LogP contribution in [0.25, 0.3) is 11.1 Å². The Morgan fingerprint density at radius 1 is 1.06 bits per heavy atom. The van der Waals surface area contributed by atoms with Crippen molar-refractivity contribution in [2.75, 3.05) is 6.54 Å². The molecule has 1 aliphatic rings. The van der Waals surface area contributed by atoms with E-state index in [9.17, 15) is 18.4 Å². The quantitative estimate of drug-likeness (QED) is 0.502. The molecule has 1 saturated heterocycles. The zero-order valence-corrected chi connectivity index (χ0v) is 20.0. The number of halogens is 2. The molecule has 35 heavy (non-hydrogen) atoms. The van der Waals surface area contributed by atoms with Gasteiger partial charge in [-0.15, -0.1) is 0 Å². The summed E-state index contributed by atoms with van der Waals surface area (Å²) in [6.45, 7) is 6.22. The first kappa shape index (κ1) is 24.6. The van der Waals surface area contributed by atoms with Gasteiger partial charge in [-0.25, -0.2) is 8.78 Å². The Bertz CT molecular complexity index is 1160. The van der Waals surface area contributed by atoms with E-state index in [4.69, 9.17) is 4.52 Å². The van der Waals surface area contributed by atoms with Gasteiger partial charge in [-0.1, -0.05) is 49.3 Å². The van der Waals surface area contributed by atoms with E-state index in [0.29, 0.717) is 24.3 Å². The van der Waals surface area contributed by atoms with Gasteiger partial charge in [0.2, 0.25) is 11.8 Å². The molecule has 0 radical (unpaired) electrons. The van der Waals surface area contributed by atoms with E-state index in [1.807, 2.05) is 20.8 Å². The normalized spacial score (nSPS) is 17.4. The molecule has 2 heterocycles. The highest BCUT2D eigenvalue weighted by Gasteiger charge is 2.40. The van der Waals surface area contributed by atoms with E-state index in [-0.39, 0.29) is 29.3 Å². The monoisotopic (exact) mass is 481 g/mol. The van der Waals surface area contributed by atoms with Crippen molar-refractivity contribution in [3.63, 3.8) is 0 Å². The van der Waals surface area contributed by atoms with E-state index >= 15 is 0 Å². The fourth-order valence-electron chi connectivity index (χ4n) is 4.71. The summed E-state index contributed by atoms with van der Waals surface area (Å²) < 4.78 is 33.5. The first-order chi connectivity index (χ1) is 16.8. The summed E-state index contributed by atoms with van der Waals surface area (Å²) in [5, 5.41) is 6.72. The molecule has 0 bridgehead atoms. The molecular weight excluding hydrogens is 452 g/mol. The lowest BCUT2D eigenvalue weighted by atomic mass is 9.91. The number of hydrogen-bond acceptors (Lipinski definition) is 4. The van der Waals surface area contributed by atoms with E-state index < -0.39 is 23.6 Å². The van der Waals surface area contributed by atoms with Gasteiger partial charge < -0.3 is 14.7 Å². The Balaban J connectivity index is 1.45. The van der Waals surface area contributed by atoms with Crippen LogP contribution in [0, 0.1) is 17.6 Å². The number of carbonyl (C=O) groups is 2. The van der Waals surface area contributed by atoms with Crippen molar-refractivity contribution >= 4 is 11.8 Å². The molecular formula is C27H29F2N3O3. The largest absolute Gasteiger partial charge is 0.361 e. The number of carbonyl (C=O) groups excluding carboxylic acids is 2. The van der Waals surface area contributed by atoms with Gasteiger partial charge in [-0.2, -0.15) is 0 Å². The van der Waals surface area contributed by atoms with Gasteiger partial charge in [0, 0.05) is 12.6 Å². The summed E-state index contributed by atoms with van der Waals surface area (Å²) in [6.07, 6.45) is 2.83. The molecule has 1 aliphatic heterocycles. The number of hydrogen-bond donors (Lipinski definition) is 1. The standard InChI is InChI=1S/C27H29F2N3O3/c1-16(2)24(23-13-14-30-35-23)27(34)32-15-5-8-22(32)26(33)31-17(3)18-9-11-19(12-10-18)25-20(28)6-4-7-21(25)29/h4,6-7,9-14,16-17,22,24H,5,8,15H2,1-3H3,(H,31,33). The highest BCUT2D eigenvalue weighted by molar-refractivity contribution is 5.91. The summed E-state index contributed by atoms with van der Waals surface area (Å²) in [5.74, 6) is -1.65. The predicted octanol–water partition coefficient (Wildman–Crippen LogP) is 5.23. The Labute approximate surface area is 203 Å². The van der Waals surface area contributed by atoms with E-state index in [2.05, 4.69) is 10.5 Å². The zero-order chi connectivity index (χ0) is 25.1. The Morgan fingerprint density at radius 2 is 1.74 bits per heavy atom. The van der Waals surface area contributed by atoms with E-state index in [1.165, 1.54) is 24.4 Å². The molecule has 6 nitrogen and oxygen atoms in total. The average Bonchev–Trinajstić information content (AvgIpc) is 3.52. The minimum atomic E-state index is -0.630. The van der Waals surface area contributed by atoms with Gasteiger partial charge >= 0.3 is 0 Å². The first-order valence-electron chi connectivity index (χ1n) is 11.8. The van der Waals surface area contributed by atoms with Crippen LogP contribution >= 0.6 is 0 Å². The topological polar surface area (TPSA) is 75.4 Å². The van der Waals surface area contributed by atoms with Crippen molar-refractivity contribution in [3.8, 4) is 11.1 Å². The van der Waals surface area contributed by atoms with Gasteiger partial charge in [0.25, 0.3) is 0 Å². The number of aromatic nitrogens is 1. The van der Waals surface area contributed by atoms with Crippen LogP contribution in [0.4, 0.5) is 8.78 Å². The molecule has 8 heteroatoms. The highest BCUT2D eigenvalue weighted by atomic mass is 19.1. The number of likely N-dealkylation sites (tertiary alicyclic amines) is 1. The first-order valence-corrected chi connectivity index (χ1v) is 11.8. The van der Waals surface area contributed by atoms with Crippen LogP contribution < -0.4 is 5.32 Å². The maximum Gasteiger partial charge on any atom is 0.243 e. The third-order valence-electron chi connectivity index (χ3n) is 6.56. The lowest BCUT2D eigenvalue weighted by Gasteiger charge is -2.29. The van der Waals surface area contributed by atoms with Crippen LogP contribution in [0.3, 0.4) is 0 Å². The van der Waals surface area contributed by atoms with E-state index in [1.54, 1.807) is 35.2 Å². The van der Waals surface area contributed by atoms with Crippen LogP contribution in [-0.4, -0.2) is 34.5 Å². The minimum Gasteiger partial charge on any atom is -0.361 e. The van der Waals surface area contributed by atoms with Gasteiger partial charge in [0.05, 0.1) is 17.8 Å². The molecule has 3 atom stereocenters. The second-order valence-electron chi connectivity index (χ2n) is 9.28. The second kappa shape index (κ2) is 10.4. The molecule has 0 aliphatic carbocycles. The molecule has 0 saturated carbocycles. The third kappa shape index (κ3) is 5.11. The van der Waals surface area contributed by atoms with Crippen LogP contribution in [0.2, 0.25) is 0 Å². The molecule has 1 N–H and O–H groups in total. The van der Waals surface area contributed by atoms with Crippen molar-refractivity contribution in [1.82, 2.24) is 15.4 Å². The lowest BCUT2D eigenvalue weighted by molar-refractivity contribution is -0.141. The number of benzene rings is 2. The van der Waals surface area contributed by atoms with Gasteiger partial charge in [-0.05, 0) is 48.9 Å². The number of nitrogens with one attached hydrogen (secondary N) is 1. The third-order valence-corrected chi connectivity index (χ3v) is 6.56. The summed E-state index contributed by atoms with van der Waals surface area (Å²) >= 11 is 0. The molecule has 1 aromatic heterocycles. The van der Waals surface area contributed by atoms with Gasteiger partial charge in [0.1, 0.15) is 29.4 Å². The molecule has 4 rings (SSSR count). The maximum absolute atomic E-state index is 14.1. The second-order valence-corrected chi connectivity index (χ2v) is 9.28. The number of rotatable bonds is 7. The fraction of sp³-hybridized carbons (Fsp3) is 0.370. The van der Waals surface area contributed by atoms with Crippen molar-refractivity contribution in [2.24, 2.45) is 5.92 Å².